The van der Waals surface area contributed by atoms with E-state index in [2.05, 4.69) is 47.6 Å². The lowest BCUT2D eigenvalue weighted by atomic mass is 10.0. The number of aromatic nitrogens is 6. The van der Waals surface area contributed by atoms with Crippen molar-refractivity contribution < 1.29 is 4.79 Å². The topological polar surface area (TPSA) is 112 Å². The van der Waals surface area contributed by atoms with Crippen molar-refractivity contribution in [3.63, 3.8) is 0 Å². The second-order valence-corrected chi connectivity index (χ2v) is 9.81. The van der Waals surface area contributed by atoms with E-state index in [1.807, 2.05) is 48.8 Å². The van der Waals surface area contributed by atoms with Gasteiger partial charge in [0.1, 0.15) is 5.69 Å². The maximum atomic E-state index is 12.6. The van der Waals surface area contributed by atoms with Gasteiger partial charge in [0, 0.05) is 58.1 Å². The average molecular weight is 500 g/mol. The highest BCUT2D eigenvalue weighted by Gasteiger charge is 2.23. The fourth-order valence-electron chi connectivity index (χ4n) is 5.41. The van der Waals surface area contributed by atoms with Crippen LogP contribution in [-0.2, 0) is 4.79 Å². The first-order valence-electron chi connectivity index (χ1n) is 12.9. The van der Waals surface area contributed by atoms with E-state index in [0.29, 0.717) is 0 Å². The van der Waals surface area contributed by atoms with Crippen molar-refractivity contribution in [2.24, 2.45) is 5.92 Å². The van der Waals surface area contributed by atoms with Gasteiger partial charge in [-0.1, -0.05) is 18.9 Å². The second kappa shape index (κ2) is 9.23. The van der Waals surface area contributed by atoms with E-state index in [4.69, 9.17) is 0 Å². The van der Waals surface area contributed by atoms with Crippen molar-refractivity contribution in [3.8, 4) is 33.8 Å². The van der Waals surface area contributed by atoms with E-state index in [1.54, 1.807) is 18.6 Å². The number of fused-ring (bicyclic) bond motifs is 2. The van der Waals surface area contributed by atoms with Gasteiger partial charge >= 0.3 is 0 Å². The summed E-state index contributed by atoms with van der Waals surface area (Å²) >= 11 is 0. The van der Waals surface area contributed by atoms with Crippen molar-refractivity contribution in [1.82, 2.24) is 30.1 Å². The number of hydrogen-bond donors (Lipinski definition) is 3. The van der Waals surface area contributed by atoms with Crippen molar-refractivity contribution in [1.29, 1.82) is 0 Å². The third kappa shape index (κ3) is 4.00. The van der Waals surface area contributed by atoms with E-state index in [1.165, 1.54) is 0 Å². The number of rotatable bonds is 5. The Morgan fingerprint density at radius 1 is 0.816 bits per heavy atom. The number of anilines is 1. The first-order valence-corrected chi connectivity index (χ1v) is 12.9. The Kier molecular flexibility index (Phi) is 5.43. The lowest BCUT2D eigenvalue weighted by Gasteiger charge is -2.11. The molecule has 1 aliphatic carbocycles. The fraction of sp³-hybridized carbons (Fsp3) is 0.167. The molecular weight excluding hydrogens is 474 g/mol. The molecule has 38 heavy (non-hydrogen) atoms. The normalized spacial score (nSPS) is 13.9. The third-order valence-electron chi connectivity index (χ3n) is 7.37. The molecule has 8 nitrogen and oxygen atoms in total. The standard InChI is InChI=1S/C30H25N7O/c38-30(18-4-1-2-5-18)34-22-12-21(16-32-17-22)19-7-8-26-23(13-19)29(37-36-26)27-14-24-25(35-27)9-11-33-28(24)20-6-3-10-31-15-20/h3,6-18,35H,1-2,4-5H2,(H,34,38)(H,36,37). The van der Waals surface area contributed by atoms with Crippen LogP contribution in [0.5, 0.6) is 0 Å². The molecule has 0 atom stereocenters. The summed E-state index contributed by atoms with van der Waals surface area (Å²) in [5.74, 6) is 0.196. The lowest BCUT2D eigenvalue weighted by Crippen LogP contribution is -2.20. The minimum Gasteiger partial charge on any atom is -0.353 e. The van der Waals surface area contributed by atoms with Crippen LogP contribution in [0.4, 0.5) is 5.69 Å². The minimum absolute atomic E-state index is 0.0907. The Morgan fingerprint density at radius 3 is 2.55 bits per heavy atom. The zero-order chi connectivity index (χ0) is 25.5. The summed E-state index contributed by atoms with van der Waals surface area (Å²) in [6.45, 7) is 0. The quantitative estimate of drug-likeness (QED) is 0.256. The summed E-state index contributed by atoms with van der Waals surface area (Å²) in [5.41, 5.74) is 8.14. The number of pyridine rings is 3. The smallest absolute Gasteiger partial charge is 0.227 e. The molecule has 1 aromatic carbocycles. The molecule has 0 saturated heterocycles. The zero-order valence-corrected chi connectivity index (χ0v) is 20.6. The molecule has 3 N–H and O–H groups in total. The Labute approximate surface area is 218 Å². The van der Waals surface area contributed by atoms with Gasteiger partial charge < -0.3 is 10.3 Å². The van der Waals surface area contributed by atoms with E-state index >= 15 is 0 Å². The van der Waals surface area contributed by atoms with Crippen molar-refractivity contribution in [2.75, 3.05) is 5.32 Å². The van der Waals surface area contributed by atoms with Crippen LogP contribution in [0.3, 0.4) is 0 Å². The number of carbonyl (C=O) groups is 1. The van der Waals surface area contributed by atoms with Crippen LogP contribution < -0.4 is 5.32 Å². The number of aromatic amines is 2. The molecule has 0 unspecified atom stereocenters. The SMILES string of the molecule is O=C(Nc1cncc(-c2ccc3[nH]nc(-c4cc5c(-c6cccnc6)nccc5[nH]4)c3c2)c1)C1CCCC1. The fourth-order valence-corrected chi connectivity index (χ4v) is 5.41. The number of carbonyl (C=O) groups excluding carboxylic acids is 1. The highest BCUT2D eigenvalue weighted by Crippen LogP contribution is 2.34. The van der Waals surface area contributed by atoms with E-state index < -0.39 is 0 Å². The predicted molar refractivity (Wildman–Crippen MR) is 148 cm³/mol. The van der Waals surface area contributed by atoms with Gasteiger partial charge in [-0.25, -0.2) is 0 Å². The van der Waals surface area contributed by atoms with Gasteiger partial charge in [0.05, 0.1) is 28.8 Å². The summed E-state index contributed by atoms with van der Waals surface area (Å²) < 4.78 is 0. The molecule has 7 rings (SSSR count). The highest BCUT2D eigenvalue weighted by molar-refractivity contribution is 6.01. The molecule has 1 fully saturated rings. The molecule has 1 amide bonds. The molecule has 0 radical (unpaired) electrons. The van der Waals surface area contributed by atoms with Crippen LogP contribution in [0, 0.1) is 5.92 Å². The van der Waals surface area contributed by atoms with Crippen molar-refractivity contribution >= 4 is 33.4 Å². The summed E-state index contributed by atoms with van der Waals surface area (Å²) in [4.78, 5) is 29.4. The number of hydrogen-bond acceptors (Lipinski definition) is 5. The summed E-state index contributed by atoms with van der Waals surface area (Å²) in [5, 5.41) is 12.9. The first kappa shape index (κ1) is 22.4. The van der Waals surface area contributed by atoms with Gasteiger partial charge in [0.25, 0.3) is 0 Å². The van der Waals surface area contributed by atoms with Gasteiger partial charge in [0.2, 0.25) is 5.91 Å². The van der Waals surface area contributed by atoms with Crippen LogP contribution in [0.2, 0.25) is 0 Å². The van der Waals surface area contributed by atoms with Gasteiger partial charge in [-0.05, 0) is 60.9 Å². The molecule has 8 heteroatoms. The molecule has 5 aromatic heterocycles. The number of amides is 1. The molecule has 0 aliphatic heterocycles. The lowest BCUT2D eigenvalue weighted by molar-refractivity contribution is -0.119. The Hall–Kier alpha value is -4.85. The molecule has 1 saturated carbocycles. The van der Waals surface area contributed by atoms with Gasteiger partial charge in [-0.2, -0.15) is 5.10 Å². The third-order valence-corrected chi connectivity index (χ3v) is 7.37. The molecule has 1 aliphatic rings. The molecule has 5 heterocycles. The Balaban J connectivity index is 1.25. The molecule has 0 spiro atoms. The minimum atomic E-state index is 0.0907. The summed E-state index contributed by atoms with van der Waals surface area (Å²) in [7, 11) is 0. The zero-order valence-electron chi connectivity index (χ0n) is 20.6. The first-order chi connectivity index (χ1) is 18.7. The van der Waals surface area contributed by atoms with Crippen LogP contribution >= 0.6 is 0 Å². The van der Waals surface area contributed by atoms with Crippen LogP contribution in [0.25, 0.3) is 55.6 Å². The van der Waals surface area contributed by atoms with E-state index in [-0.39, 0.29) is 11.8 Å². The van der Waals surface area contributed by atoms with Gasteiger partial charge in [-0.3, -0.25) is 24.8 Å². The second-order valence-electron chi connectivity index (χ2n) is 9.81. The van der Waals surface area contributed by atoms with Crippen LogP contribution in [0.15, 0.2) is 79.5 Å². The number of nitrogens with one attached hydrogen (secondary N) is 3. The average Bonchev–Trinajstić information content (AvgIpc) is 3.73. The Bertz CT molecular complexity index is 1780. The number of H-pyrrole nitrogens is 2. The van der Waals surface area contributed by atoms with Gasteiger partial charge in [0.15, 0.2) is 0 Å². The molecule has 186 valence electrons. The van der Waals surface area contributed by atoms with E-state index in [0.717, 1.165) is 86.9 Å². The highest BCUT2D eigenvalue weighted by atomic mass is 16.1. The van der Waals surface area contributed by atoms with Crippen LogP contribution in [-0.4, -0.2) is 36.0 Å². The Morgan fingerprint density at radius 2 is 1.68 bits per heavy atom. The van der Waals surface area contributed by atoms with Crippen LogP contribution in [0.1, 0.15) is 25.7 Å². The molecular formula is C30H25N7O. The van der Waals surface area contributed by atoms with Crippen molar-refractivity contribution in [3.05, 3.63) is 79.5 Å². The maximum Gasteiger partial charge on any atom is 0.227 e. The van der Waals surface area contributed by atoms with Crippen molar-refractivity contribution in [2.45, 2.75) is 25.7 Å². The van der Waals surface area contributed by atoms with E-state index in [9.17, 15) is 4.79 Å². The van der Waals surface area contributed by atoms with Gasteiger partial charge in [-0.15, -0.1) is 0 Å². The maximum absolute atomic E-state index is 12.6. The largest absolute Gasteiger partial charge is 0.353 e. The molecule has 0 bridgehead atoms. The molecule has 6 aromatic rings. The predicted octanol–water partition coefficient (Wildman–Crippen LogP) is 6.36. The summed E-state index contributed by atoms with van der Waals surface area (Å²) in [6, 6.07) is 16.1. The summed E-state index contributed by atoms with van der Waals surface area (Å²) in [6.07, 6.45) is 13.1. The number of benzene rings is 1. The monoisotopic (exact) mass is 499 g/mol. The number of nitrogens with zero attached hydrogens (tertiary/aromatic N) is 4.